The summed E-state index contributed by atoms with van der Waals surface area (Å²) in [7, 11) is 0. The van der Waals surface area contributed by atoms with Gasteiger partial charge in [-0.05, 0) is 30.2 Å². The Morgan fingerprint density at radius 1 is 1.21 bits per heavy atom. The topological polar surface area (TPSA) is 69.3 Å². The lowest BCUT2D eigenvalue weighted by molar-refractivity contribution is -0.133. The van der Waals surface area contributed by atoms with Gasteiger partial charge in [0.05, 0.1) is 17.4 Å². The molecule has 0 bridgehead atoms. The van der Waals surface area contributed by atoms with E-state index in [4.69, 9.17) is 0 Å². The van der Waals surface area contributed by atoms with Crippen LogP contribution < -0.4 is 0 Å². The van der Waals surface area contributed by atoms with Crippen LogP contribution in [0.3, 0.4) is 0 Å². The molecule has 0 spiro atoms. The number of nitrogens with one attached hydrogen (secondary N) is 1. The number of aromatic amines is 1. The largest absolute Gasteiger partial charge is 0.345 e. The van der Waals surface area contributed by atoms with Crippen molar-refractivity contribution in [2.75, 3.05) is 13.1 Å². The summed E-state index contributed by atoms with van der Waals surface area (Å²) in [6.07, 6.45) is 2.78. The lowest BCUT2D eigenvalue weighted by Gasteiger charge is -2.31. The molecule has 2 heterocycles. The van der Waals surface area contributed by atoms with Gasteiger partial charge >= 0.3 is 0 Å². The zero-order chi connectivity index (χ0) is 19.5. The third kappa shape index (κ3) is 3.63. The minimum absolute atomic E-state index is 0.00930. The minimum atomic E-state index is -0.0377. The summed E-state index contributed by atoms with van der Waals surface area (Å²) in [6.45, 7) is 3.65. The van der Waals surface area contributed by atoms with E-state index < -0.39 is 0 Å². The first kappa shape index (κ1) is 18.2. The van der Waals surface area contributed by atoms with Gasteiger partial charge in [-0.1, -0.05) is 37.3 Å². The second kappa shape index (κ2) is 7.84. The number of fused-ring (bicyclic) bond motifs is 1. The van der Waals surface area contributed by atoms with Crippen LogP contribution in [-0.2, 0) is 11.3 Å². The molecule has 1 fully saturated rings. The molecule has 3 aromatic rings. The van der Waals surface area contributed by atoms with Crippen LogP contribution in [-0.4, -0.2) is 50.7 Å². The molecule has 0 aliphatic carbocycles. The number of aromatic nitrogens is 2. The Morgan fingerprint density at radius 2 is 2.04 bits per heavy atom. The first-order chi connectivity index (χ1) is 13.7. The van der Waals surface area contributed by atoms with Crippen LogP contribution in [0, 0.1) is 0 Å². The van der Waals surface area contributed by atoms with Crippen molar-refractivity contribution in [3.05, 3.63) is 66.0 Å². The normalized spacial score (nSPS) is 17.8. The molecule has 1 saturated heterocycles. The molecule has 0 unspecified atom stereocenters. The highest BCUT2D eigenvalue weighted by Crippen LogP contribution is 2.20. The third-order valence-corrected chi connectivity index (χ3v) is 5.41. The number of hydrogen-bond donors (Lipinski definition) is 1. The molecule has 6 heteroatoms. The highest BCUT2D eigenvalue weighted by Gasteiger charge is 2.31. The summed E-state index contributed by atoms with van der Waals surface area (Å²) in [6, 6.07) is 15.5. The Morgan fingerprint density at radius 3 is 2.82 bits per heavy atom. The van der Waals surface area contributed by atoms with Crippen LogP contribution in [0.4, 0.5) is 0 Å². The van der Waals surface area contributed by atoms with Crippen LogP contribution in [0.5, 0.6) is 0 Å². The molecule has 2 aromatic carbocycles. The Balaban J connectivity index is 1.54. The first-order valence-electron chi connectivity index (χ1n) is 9.71. The van der Waals surface area contributed by atoms with E-state index in [0.29, 0.717) is 31.6 Å². The number of benzene rings is 2. The summed E-state index contributed by atoms with van der Waals surface area (Å²) < 4.78 is 0. The van der Waals surface area contributed by atoms with Crippen molar-refractivity contribution in [2.24, 2.45) is 0 Å². The quantitative estimate of drug-likeness (QED) is 0.760. The van der Waals surface area contributed by atoms with Gasteiger partial charge in [0.25, 0.3) is 5.91 Å². The minimum Gasteiger partial charge on any atom is -0.345 e. The predicted molar refractivity (Wildman–Crippen MR) is 108 cm³/mol. The number of carbonyl (C=O) groups is 2. The number of amides is 2. The monoisotopic (exact) mass is 376 g/mol. The van der Waals surface area contributed by atoms with Crippen molar-refractivity contribution in [2.45, 2.75) is 32.4 Å². The van der Waals surface area contributed by atoms with Gasteiger partial charge in [0.1, 0.15) is 0 Å². The zero-order valence-corrected chi connectivity index (χ0v) is 16.0. The van der Waals surface area contributed by atoms with Gasteiger partial charge in [0.2, 0.25) is 5.91 Å². The fourth-order valence-electron chi connectivity index (χ4n) is 3.80. The van der Waals surface area contributed by atoms with E-state index in [9.17, 15) is 9.59 Å². The van der Waals surface area contributed by atoms with Gasteiger partial charge < -0.3 is 14.8 Å². The Kier molecular flexibility index (Phi) is 5.10. The van der Waals surface area contributed by atoms with Crippen molar-refractivity contribution in [3.8, 4) is 0 Å². The fourth-order valence-corrected chi connectivity index (χ4v) is 3.80. The molecule has 0 saturated carbocycles. The standard InChI is InChI=1S/C22H24N4O2/c1-2-18-14-25(22(28)17-8-9-19-20(12-17)24-15-23-19)11-10-21(27)26(18)13-16-6-4-3-5-7-16/h3-9,12,15,18H,2,10-11,13-14H2,1H3,(H,23,24)/t18-/m1/s1. The van der Waals surface area contributed by atoms with Gasteiger partial charge in [-0.25, -0.2) is 4.98 Å². The molecule has 1 aliphatic heterocycles. The Hall–Kier alpha value is -3.15. The number of rotatable bonds is 4. The van der Waals surface area contributed by atoms with E-state index in [0.717, 1.165) is 23.0 Å². The number of carbonyl (C=O) groups excluding carboxylic acids is 2. The lowest BCUT2D eigenvalue weighted by atomic mass is 10.1. The van der Waals surface area contributed by atoms with Gasteiger partial charge in [0, 0.05) is 37.7 Å². The van der Waals surface area contributed by atoms with Crippen LogP contribution in [0.2, 0.25) is 0 Å². The molecule has 4 rings (SSSR count). The maximum atomic E-state index is 13.1. The van der Waals surface area contributed by atoms with Crippen molar-refractivity contribution in [1.29, 1.82) is 0 Å². The summed E-state index contributed by atoms with van der Waals surface area (Å²) in [5.74, 6) is 0.0688. The van der Waals surface area contributed by atoms with Crippen LogP contribution in [0.1, 0.15) is 35.7 Å². The van der Waals surface area contributed by atoms with E-state index in [1.54, 1.807) is 12.4 Å². The Bertz CT molecular complexity index is 982. The highest BCUT2D eigenvalue weighted by atomic mass is 16.2. The average molecular weight is 376 g/mol. The van der Waals surface area contributed by atoms with E-state index in [1.165, 1.54) is 0 Å². The zero-order valence-electron chi connectivity index (χ0n) is 16.0. The van der Waals surface area contributed by atoms with Gasteiger partial charge in [-0.3, -0.25) is 9.59 Å². The molecular formula is C22H24N4O2. The Labute approximate surface area is 164 Å². The van der Waals surface area contributed by atoms with Gasteiger partial charge in [-0.15, -0.1) is 0 Å². The fraction of sp³-hybridized carbons (Fsp3) is 0.318. The maximum Gasteiger partial charge on any atom is 0.254 e. The van der Waals surface area contributed by atoms with Crippen LogP contribution >= 0.6 is 0 Å². The molecule has 1 N–H and O–H groups in total. The molecule has 6 nitrogen and oxygen atoms in total. The second-order valence-corrected chi connectivity index (χ2v) is 7.20. The highest BCUT2D eigenvalue weighted by molar-refractivity contribution is 5.97. The van der Waals surface area contributed by atoms with Crippen molar-refractivity contribution in [1.82, 2.24) is 19.8 Å². The number of H-pyrrole nitrogens is 1. The molecule has 1 aliphatic rings. The van der Waals surface area contributed by atoms with Crippen molar-refractivity contribution in [3.63, 3.8) is 0 Å². The second-order valence-electron chi connectivity index (χ2n) is 7.20. The van der Waals surface area contributed by atoms with Gasteiger partial charge in [0.15, 0.2) is 0 Å². The van der Waals surface area contributed by atoms with Gasteiger partial charge in [-0.2, -0.15) is 0 Å². The van der Waals surface area contributed by atoms with Crippen LogP contribution in [0.15, 0.2) is 54.9 Å². The summed E-state index contributed by atoms with van der Waals surface area (Å²) >= 11 is 0. The number of imidazole rings is 1. The molecule has 0 radical (unpaired) electrons. The smallest absolute Gasteiger partial charge is 0.254 e. The number of hydrogen-bond acceptors (Lipinski definition) is 3. The SMILES string of the molecule is CC[C@@H]1CN(C(=O)c2ccc3nc[nH]c3c2)CCC(=O)N1Cc1ccccc1. The van der Waals surface area contributed by atoms with Crippen LogP contribution in [0.25, 0.3) is 11.0 Å². The van der Waals surface area contributed by atoms with Crippen molar-refractivity contribution < 1.29 is 9.59 Å². The third-order valence-electron chi connectivity index (χ3n) is 5.41. The van der Waals surface area contributed by atoms with E-state index in [-0.39, 0.29) is 17.9 Å². The van der Waals surface area contributed by atoms with E-state index in [2.05, 4.69) is 16.9 Å². The van der Waals surface area contributed by atoms with E-state index in [1.807, 2.05) is 52.3 Å². The molecule has 1 aromatic heterocycles. The average Bonchev–Trinajstić information content (AvgIpc) is 3.14. The molecule has 28 heavy (non-hydrogen) atoms. The molecule has 144 valence electrons. The summed E-state index contributed by atoms with van der Waals surface area (Å²) in [5.41, 5.74) is 3.41. The maximum absolute atomic E-state index is 13.1. The predicted octanol–water partition coefficient (Wildman–Crippen LogP) is 3.22. The van der Waals surface area contributed by atoms with Crippen molar-refractivity contribution >= 4 is 22.8 Å². The molecule has 2 amide bonds. The summed E-state index contributed by atoms with van der Waals surface area (Å²) in [5, 5.41) is 0. The number of nitrogens with zero attached hydrogens (tertiary/aromatic N) is 3. The lowest BCUT2D eigenvalue weighted by Crippen LogP contribution is -2.43. The summed E-state index contributed by atoms with van der Waals surface area (Å²) in [4.78, 5) is 36.9. The molecule has 1 atom stereocenters. The molecular weight excluding hydrogens is 352 g/mol. The van der Waals surface area contributed by atoms with E-state index >= 15 is 0 Å². The first-order valence-corrected chi connectivity index (χ1v) is 9.71.